The number of fused-ring (bicyclic) bond motifs is 5. The Morgan fingerprint density at radius 3 is 2.50 bits per heavy atom. The summed E-state index contributed by atoms with van der Waals surface area (Å²) in [6.07, 6.45) is 1.30. The van der Waals surface area contributed by atoms with Crippen molar-refractivity contribution < 1.29 is 19.0 Å². The second-order valence-corrected chi connectivity index (χ2v) is 9.14. The predicted octanol–water partition coefficient (Wildman–Crippen LogP) is 5.17. The molecular weight excluding hydrogens is 405 g/mol. The van der Waals surface area contributed by atoms with Crippen LogP contribution in [0.25, 0.3) is 5.57 Å². The molecule has 2 aromatic rings. The highest BCUT2D eigenvalue weighted by Crippen LogP contribution is 2.58. The molecule has 164 valence electrons. The zero-order valence-electron chi connectivity index (χ0n) is 18.5. The minimum absolute atomic E-state index is 0.0262. The summed E-state index contributed by atoms with van der Waals surface area (Å²) in [4.78, 5) is 13.6. The molecule has 2 saturated heterocycles. The number of hydrogen-bond donors (Lipinski definition) is 1. The number of aliphatic hydroxyl groups is 1. The smallest absolute Gasteiger partial charge is 0.173 e. The standard InChI is InChI=1S/C27H26FNO3/c1-4-14-9-13(3)10-15(5-2)21(14)23-25(30)22-20-11-17(27(32-20)24(22)26(23)31)16-7-6-8-19(28)18(16)12-29/h6-10,17,20,22,24,27,31H,4-5,11H2,1-3H3/t17?,20-,22-,24+,27+/m0/s1. The number of ketones is 1. The van der Waals surface area contributed by atoms with Gasteiger partial charge in [0.05, 0.1) is 35.2 Å². The molecule has 1 unspecified atom stereocenters. The van der Waals surface area contributed by atoms with E-state index in [1.54, 1.807) is 12.1 Å². The van der Waals surface area contributed by atoms with Crippen molar-refractivity contribution in [3.05, 3.63) is 75.3 Å². The van der Waals surface area contributed by atoms with Crippen molar-refractivity contribution in [1.29, 1.82) is 5.26 Å². The number of benzene rings is 2. The second-order valence-electron chi connectivity index (χ2n) is 9.14. The molecule has 32 heavy (non-hydrogen) atoms. The van der Waals surface area contributed by atoms with Crippen LogP contribution in [0.4, 0.5) is 4.39 Å². The summed E-state index contributed by atoms with van der Waals surface area (Å²) in [5, 5.41) is 20.9. The van der Waals surface area contributed by atoms with Crippen LogP contribution in [0, 0.1) is 35.9 Å². The highest BCUT2D eigenvalue weighted by Gasteiger charge is 2.63. The van der Waals surface area contributed by atoms with Gasteiger partial charge in [-0.05, 0) is 54.5 Å². The molecule has 1 N–H and O–H groups in total. The van der Waals surface area contributed by atoms with E-state index in [2.05, 4.69) is 26.0 Å². The Hall–Kier alpha value is -2.97. The fraction of sp³-hybridized carbons (Fsp3) is 0.407. The number of carbonyl (C=O) groups is 1. The quantitative estimate of drug-likeness (QED) is 0.725. The monoisotopic (exact) mass is 431 g/mol. The molecule has 4 nitrogen and oxygen atoms in total. The maximum Gasteiger partial charge on any atom is 0.173 e. The zero-order valence-corrected chi connectivity index (χ0v) is 18.5. The lowest BCUT2D eigenvalue weighted by atomic mass is 9.71. The molecule has 5 atom stereocenters. The third kappa shape index (κ3) is 2.79. The van der Waals surface area contributed by atoms with Gasteiger partial charge in [0.25, 0.3) is 0 Å². The Balaban J connectivity index is 1.61. The number of aliphatic hydroxyl groups excluding tert-OH is 1. The molecule has 2 bridgehead atoms. The molecule has 5 rings (SSSR count). The first-order chi connectivity index (χ1) is 15.4. The Morgan fingerprint density at radius 2 is 1.88 bits per heavy atom. The van der Waals surface area contributed by atoms with Crippen LogP contribution in [-0.4, -0.2) is 23.1 Å². The number of allylic oxidation sites excluding steroid dienone is 1. The number of rotatable bonds is 4. The number of Topliss-reactive ketones (excluding diaryl/α,β-unsaturated/α-hetero) is 1. The van der Waals surface area contributed by atoms with Gasteiger partial charge in [0, 0.05) is 5.92 Å². The van der Waals surface area contributed by atoms with E-state index in [1.165, 1.54) is 6.07 Å². The molecule has 0 saturated carbocycles. The van der Waals surface area contributed by atoms with Crippen LogP contribution in [0.3, 0.4) is 0 Å². The van der Waals surface area contributed by atoms with Crippen molar-refractivity contribution in [2.24, 2.45) is 11.8 Å². The fourth-order valence-corrected chi connectivity index (χ4v) is 6.20. The summed E-state index contributed by atoms with van der Waals surface area (Å²) in [5.74, 6) is -1.60. The van der Waals surface area contributed by atoms with Crippen molar-refractivity contribution >= 4 is 11.4 Å². The predicted molar refractivity (Wildman–Crippen MR) is 119 cm³/mol. The summed E-state index contributed by atoms with van der Waals surface area (Å²) >= 11 is 0. The van der Waals surface area contributed by atoms with Gasteiger partial charge in [0.15, 0.2) is 5.78 Å². The summed E-state index contributed by atoms with van der Waals surface area (Å²) < 4.78 is 20.4. The first-order valence-corrected chi connectivity index (χ1v) is 11.3. The average molecular weight is 432 g/mol. The third-order valence-corrected chi connectivity index (χ3v) is 7.49. The molecule has 0 aromatic heterocycles. The van der Waals surface area contributed by atoms with Crippen LogP contribution >= 0.6 is 0 Å². The minimum atomic E-state index is -0.549. The van der Waals surface area contributed by atoms with Gasteiger partial charge in [-0.1, -0.05) is 43.7 Å². The lowest BCUT2D eigenvalue weighted by Crippen LogP contribution is -2.33. The van der Waals surface area contributed by atoms with Crippen LogP contribution in [-0.2, 0) is 22.4 Å². The summed E-state index contributed by atoms with van der Waals surface area (Å²) in [6.45, 7) is 6.17. The van der Waals surface area contributed by atoms with Crippen LogP contribution in [0.1, 0.15) is 59.6 Å². The molecular formula is C27H26FNO3. The van der Waals surface area contributed by atoms with E-state index in [-0.39, 0.29) is 29.1 Å². The molecule has 0 amide bonds. The molecule has 1 aliphatic carbocycles. The van der Waals surface area contributed by atoms with E-state index in [1.807, 2.05) is 13.0 Å². The van der Waals surface area contributed by atoms with Crippen molar-refractivity contribution in [2.45, 2.75) is 58.2 Å². The largest absolute Gasteiger partial charge is 0.511 e. The van der Waals surface area contributed by atoms with Gasteiger partial charge in [-0.25, -0.2) is 4.39 Å². The van der Waals surface area contributed by atoms with Gasteiger partial charge >= 0.3 is 0 Å². The minimum Gasteiger partial charge on any atom is -0.511 e. The number of nitrogens with zero attached hydrogens (tertiary/aromatic N) is 1. The molecule has 2 aliphatic heterocycles. The van der Waals surface area contributed by atoms with Crippen molar-refractivity contribution in [3.8, 4) is 6.07 Å². The van der Waals surface area contributed by atoms with E-state index in [4.69, 9.17) is 4.74 Å². The van der Waals surface area contributed by atoms with Gasteiger partial charge in [-0.3, -0.25) is 4.79 Å². The highest BCUT2D eigenvalue weighted by molar-refractivity contribution is 6.26. The van der Waals surface area contributed by atoms with Crippen LogP contribution in [0.5, 0.6) is 0 Å². The van der Waals surface area contributed by atoms with Crippen molar-refractivity contribution in [2.75, 3.05) is 0 Å². The number of nitriles is 1. The van der Waals surface area contributed by atoms with Crippen LogP contribution < -0.4 is 0 Å². The van der Waals surface area contributed by atoms with Crippen LogP contribution in [0.2, 0.25) is 0 Å². The summed E-state index contributed by atoms with van der Waals surface area (Å²) in [5.41, 5.74) is 5.22. The maximum atomic E-state index is 14.3. The lowest BCUT2D eigenvalue weighted by molar-refractivity contribution is -0.118. The van der Waals surface area contributed by atoms with Crippen molar-refractivity contribution in [3.63, 3.8) is 0 Å². The number of aryl methyl sites for hydroxylation is 3. The normalized spacial score (nSPS) is 28.3. The first kappa shape index (κ1) is 20.9. The van der Waals surface area contributed by atoms with Gasteiger partial charge < -0.3 is 9.84 Å². The van der Waals surface area contributed by atoms with E-state index >= 15 is 0 Å². The van der Waals surface area contributed by atoms with E-state index in [0.717, 1.165) is 35.1 Å². The Morgan fingerprint density at radius 1 is 1.19 bits per heavy atom. The fourth-order valence-electron chi connectivity index (χ4n) is 6.20. The van der Waals surface area contributed by atoms with Gasteiger partial charge in [0.2, 0.25) is 0 Å². The highest BCUT2D eigenvalue weighted by atomic mass is 19.1. The number of ether oxygens (including phenoxy) is 1. The SMILES string of the molecule is CCc1cc(C)cc(CC)c1C1=C(O)[C@H]2[C@@H](C1=O)[C@@H]1CC(c3cccc(F)c3C#N)[C@H]2O1. The van der Waals surface area contributed by atoms with Gasteiger partial charge in [0.1, 0.15) is 17.6 Å². The molecule has 0 radical (unpaired) electrons. The maximum absolute atomic E-state index is 14.3. The Bertz CT molecular complexity index is 1180. The zero-order chi connectivity index (χ0) is 22.7. The van der Waals surface area contributed by atoms with Gasteiger partial charge in [-0.2, -0.15) is 5.26 Å². The molecule has 2 aromatic carbocycles. The Kier molecular flexibility index (Phi) is 4.94. The van der Waals surface area contributed by atoms with Crippen molar-refractivity contribution in [1.82, 2.24) is 0 Å². The molecule has 3 aliphatic rings. The molecule has 2 fully saturated rings. The summed E-state index contributed by atoms with van der Waals surface area (Å²) in [6, 6.07) is 10.8. The second kappa shape index (κ2) is 7.56. The molecule has 5 heteroatoms. The molecule has 2 heterocycles. The van der Waals surface area contributed by atoms with Gasteiger partial charge in [-0.15, -0.1) is 0 Å². The Labute approximate surface area is 187 Å². The average Bonchev–Trinajstić information content (AvgIpc) is 3.44. The van der Waals surface area contributed by atoms with E-state index in [9.17, 15) is 19.6 Å². The molecule has 0 spiro atoms. The topological polar surface area (TPSA) is 70.3 Å². The number of hydrogen-bond acceptors (Lipinski definition) is 4. The van der Waals surface area contributed by atoms with Crippen LogP contribution in [0.15, 0.2) is 36.1 Å². The summed E-state index contributed by atoms with van der Waals surface area (Å²) in [7, 11) is 0. The first-order valence-electron chi connectivity index (χ1n) is 11.3. The third-order valence-electron chi connectivity index (χ3n) is 7.49. The number of halogens is 1. The number of carbonyl (C=O) groups excluding carboxylic acids is 1. The van der Waals surface area contributed by atoms with E-state index < -0.39 is 23.8 Å². The van der Waals surface area contributed by atoms with E-state index in [0.29, 0.717) is 17.6 Å². The lowest BCUT2D eigenvalue weighted by Gasteiger charge is -2.28.